The minimum Gasteiger partial charge on any atom is -0.372 e. The van der Waals surface area contributed by atoms with Gasteiger partial charge in [-0.25, -0.2) is 0 Å². The highest BCUT2D eigenvalue weighted by molar-refractivity contribution is 6.07. The van der Waals surface area contributed by atoms with E-state index in [1.54, 1.807) is 30.3 Å². The molecule has 2 aromatic carbocycles. The van der Waals surface area contributed by atoms with Gasteiger partial charge in [-0.3, -0.25) is 9.59 Å². The van der Waals surface area contributed by atoms with Gasteiger partial charge >= 0.3 is 0 Å². The van der Waals surface area contributed by atoms with Gasteiger partial charge in [-0.05, 0) is 61.9 Å². The molecule has 25 heavy (non-hydrogen) atoms. The quantitative estimate of drug-likeness (QED) is 0.603. The van der Waals surface area contributed by atoms with Crippen molar-refractivity contribution >= 4 is 29.1 Å². The molecule has 0 saturated carbocycles. The first kappa shape index (κ1) is 18.5. The summed E-state index contributed by atoms with van der Waals surface area (Å²) in [6.45, 7) is 7.66. The van der Waals surface area contributed by atoms with Crippen molar-refractivity contribution in [1.82, 2.24) is 0 Å². The van der Waals surface area contributed by atoms with E-state index in [0.29, 0.717) is 11.3 Å². The second kappa shape index (κ2) is 8.83. The van der Waals surface area contributed by atoms with Gasteiger partial charge in [0.1, 0.15) is 0 Å². The van der Waals surface area contributed by atoms with Gasteiger partial charge in [-0.1, -0.05) is 18.2 Å². The molecule has 4 nitrogen and oxygen atoms in total. The molecule has 4 heteroatoms. The molecule has 0 radical (unpaired) electrons. The molecule has 1 amide bonds. The second-order valence-corrected chi connectivity index (χ2v) is 5.72. The number of rotatable bonds is 7. The van der Waals surface area contributed by atoms with Gasteiger partial charge in [0.05, 0.1) is 0 Å². The van der Waals surface area contributed by atoms with Crippen molar-refractivity contribution in [2.24, 2.45) is 0 Å². The summed E-state index contributed by atoms with van der Waals surface area (Å²) in [5.41, 5.74) is 3.44. The Morgan fingerprint density at radius 3 is 2.08 bits per heavy atom. The van der Waals surface area contributed by atoms with Crippen LogP contribution in [0.5, 0.6) is 0 Å². The second-order valence-electron chi connectivity index (χ2n) is 5.72. The number of nitrogens with one attached hydrogen (secondary N) is 1. The van der Waals surface area contributed by atoms with Crippen LogP contribution in [-0.2, 0) is 4.79 Å². The first-order valence-electron chi connectivity index (χ1n) is 8.48. The third-order valence-corrected chi connectivity index (χ3v) is 3.94. The van der Waals surface area contributed by atoms with Crippen molar-refractivity contribution in [1.29, 1.82) is 0 Å². The van der Waals surface area contributed by atoms with Crippen molar-refractivity contribution < 1.29 is 9.59 Å². The highest BCUT2D eigenvalue weighted by atomic mass is 16.1. The highest BCUT2D eigenvalue weighted by Crippen LogP contribution is 2.16. The lowest BCUT2D eigenvalue weighted by atomic mass is 10.1. The summed E-state index contributed by atoms with van der Waals surface area (Å²) in [6, 6.07) is 15.0. The van der Waals surface area contributed by atoms with E-state index >= 15 is 0 Å². The summed E-state index contributed by atoms with van der Waals surface area (Å²) in [7, 11) is 0. The Morgan fingerprint density at radius 1 is 0.960 bits per heavy atom. The van der Waals surface area contributed by atoms with Crippen LogP contribution in [-0.4, -0.2) is 24.8 Å². The number of nitrogens with zero attached hydrogens (tertiary/aromatic N) is 1. The molecule has 0 aliphatic carbocycles. The molecule has 0 aliphatic heterocycles. The monoisotopic (exact) mass is 336 g/mol. The smallest absolute Gasteiger partial charge is 0.221 e. The molecular formula is C21H24N2O2. The normalized spacial score (nSPS) is 10.7. The van der Waals surface area contributed by atoms with Crippen LogP contribution in [0.2, 0.25) is 0 Å². The zero-order valence-corrected chi connectivity index (χ0v) is 15.0. The molecule has 2 aromatic rings. The number of amides is 1. The number of allylic oxidation sites excluding steroid dienone is 1. The van der Waals surface area contributed by atoms with Gasteiger partial charge in [0.15, 0.2) is 5.78 Å². The largest absolute Gasteiger partial charge is 0.372 e. The first-order chi connectivity index (χ1) is 12.0. The number of benzene rings is 2. The molecule has 0 spiro atoms. The van der Waals surface area contributed by atoms with Gasteiger partial charge in [-0.2, -0.15) is 0 Å². The van der Waals surface area contributed by atoms with Crippen LogP contribution in [0.25, 0.3) is 6.08 Å². The van der Waals surface area contributed by atoms with Gasteiger partial charge in [0.2, 0.25) is 5.91 Å². The molecule has 0 unspecified atom stereocenters. The lowest BCUT2D eigenvalue weighted by Gasteiger charge is -2.20. The van der Waals surface area contributed by atoms with Crippen LogP contribution in [0, 0.1) is 0 Å². The van der Waals surface area contributed by atoms with Crippen LogP contribution in [0.1, 0.15) is 36.7 Å². The van der Waals surface area contributed by atoms with E-state index in [1.165, 1.54) is 12.6 Å². The van der Waals surface area contributed by atoms with E-state index in [1.807, 2.05) is 18.2 Å². The fourth-order valence-electron chi connectivity index (χ4n) is 2.57. The van der Waals surface area contributed by atoms with E-state index in [2.05, 4.69) is 36.2 Å². The number of anilines is 2. The minimum atomic E-state index is -0.132. The number of ketones is 1. The summed E-state index contributed by atoms with van der Waals surface area (Å²) in [4.78, 5) is 25.5. The average Bonchev–Trinajstić information content (AvgIpc) is 2.62. The first-order valence-corrected chi connectivity index (χ1v) is 8.48. The van der Waals surface area contributed by atoms with Crippen molar-refractivity contribution in [3.05, 3.63) is 65.7 Å². The Kier molecular flexibility index (Phi) is 6.52. The predicted octanol–water partition coefficient (Wildman–Crippen LogP) is 4.39. The molecule has 0 aromatic heterocycles. The number of hydrogen-bond acceptors (Lipinski definition) is 3. The maximum atomic E-state index is 12.2. The van der Waals surface area contributed by atoms with Crippen LogP contribution in [0.4, 0.5) is 11.4 Å². The van der Waals surface area contributed by atoms with Crippen LogP contribution < -0.4 is 10.2 Å². The van der Waals surface area contributed by atoms with Gasteiger partial charge < -0.3 is 10.2 Å². The highest BCUT2D eigenvalue weighted by Gasteiger charge is 2.03. The van der Waals surface area contributed by atoms with E-state index in [-0.39, 0.29) is 11.7 Å². The predicted molar refractivity (Wildman–Crippen MR) is 104 cm³/mol. The summed E-state index contributed by atoms with van der Waals surface area (Å²) in [6.07, 6.45) is 3.38. The molecule has 2 rings (SSSR count). The summed E-state index contributed by atoms with van der Waals surface area (Å²) in [5.74, 6) is -0.200. The Labute approximate surface area is 149 Å². The summed E-state index contributed by atoms with van der Waals surface area (Å²) in [5, 5.41) is 2.68. The molecular weight excluding hydrogens is 312 g/mol. The number of hydrogen-bond donors (Lipinski definition) is 1. The Hall–Kier alpha value is -2.88. The molecule has 0 atom stereocenters. The van der Waals surface area contributed by atoms with Gasteiger partial charge in [-0.15, -0.1) is 0 Å². The van der Waals surface area contributed by atoms with Gasteiger partial charge in [0, 0.05) is 37.0 Å². The number of carbonyl (C=O) groups is 2. The van der Waals surface area contributed by atoms with Crippen molar-refractivity contribution in [2.75, 3.05) is 23.3 Å². The topological polar surface area (TPSA) is 49.4 Å². The summed E-state index contributed by atoms with van der Waals surface area (Å²) >= 11 is 0. The molecule has 130 valence electrons. The molecule has 0 heterocycles. The Morgan fingerprint density at radius 2 is 1.56 bits per heavy atom. The van der Waals surface area contributed by atoms with Crippen molar-refractivity contribution in [3.63, 3.8) is 0 Å². The zero-order chi connectivity index (χ0) is 18.2. The van der Waals surface area contributed by atoms with E-state index in [9.17, 15) is 9.59 Å². The number of carbonyl (C=O) groups excluding carboxylic acids is 2. The van der Waals surface area contributed by atoms with E-state index in [0.717, 1.165) is 18.7 Å². The third kappa shape index (κ3) is 5.31. The molecule has 1 N–H and O–H groups in total. The SMILES string of the molecule is CCN(CC)c1ccc(/C=C\C(=O)c2ccc(NC(C)=O)cc2)cc1. The molecule has 0 bridgehead atoms. The van der Waals surface area contributed by atoms with Crippen molar-refractivity contribution in [3.8, 4) is 0 Å². The molecule has 0 aliphatic rings. The lowest BCUT2D eigenvalue weighted by molar-refractivity contribution is -0.114. The standard InChI is InChI=1S/C21H24N2O2/c1-4-23(5-2)20-13-6-17(7-14-20)8-15-21(25)18-9-11-19(12-10-18)22-16(3)24/h6-15H,4-5H2,1-3H3,(H,22,24)/b15-8-. The molecule has 0 fully saturated rings. The summed E-state index contributed by atoms with van der Waals surface area (Å²) < 4.78 is 0. The lowest BCUT2D eigenvalue weighted by Crippen LogP contribution is -2.21. The van der Waals surface area contributed by atoms with E-state index in [4.69, 9.17) is 0 Å². The average molecular weight is 336 g/mol. The maximum Gasteiger partial charge on any atom is 0.221 e. The van der Waals surface area contributed by atoms with Crippen LogP contribution in [0.3, 0.4) is 0 Å². The fourth-order valence-corrected chi connectivity index (χ4v) is 2.57. The van der Waals surface area contributed by atoms with Crippen LogP contribution in [0.15, 0.2) is 54.6 Å². The zero-order valence-electron chi connectivity index (χ0n) is 15.0. The Bertz CT molecular complexity index is 742. The van der Waals surface area contributed by atoms with E-state index < -0.39 is 0 Å². The van der Waals surface area contributed by atoms with Gasteiger partial charge in [0.25, 0.3) is 0 Å². The molecule has 0 saturated heterocycles. The Balaban J connectivity index is 2.03. The third-order valence-electron chi connectivity index (χ3n) is 3.94. The fraction of sp³-hybridized carbons (Fsp3) is 0.238. The van der Waals surface area contributed by atoms with Crippen LogP contribution >= 0.6 is 0 Å². The minimum absolute atomic E-state index is 0.0674. The van der Waals surface area contributed by atoms with Crippen molar-refractivity contribution in [2.45, 2.75) is 20.8 Å². The maximum absolute atomic E-state index is 12.2.